The van der Waals surface area contributed by atoms with E-state index >= 15 is 0 Å². The standard InChI is InChI=1S/C8H14N6O2/c1-3-8(2)15-6(4-11-13-9)7(16-8)5-12-14-10/h6-7H,3-5H2,1-2H3/t6-,7-/m1/s1. The number of azide groups is 2. The van der Waals surface area contributed by atoms with E-state index in [0.717, 1.165) is 0 Å². The molecule has 0 aromatic carbocycles. The van der Waals surface area contributed by atoms with E-state index in [9.17, 15) is 0 Å². The second-order valence-corrected chi connectivity index (χ2v) is 3.63. The van der Waals surface area contributed by atoms with E-state index in [0.29, 0.717) is 6.42 Å². The molecule has 0 saturated carbocycles. The minimum atomic E-state index is -0.689. The third-order valence-electron chi connectivity index (χ3n) is 2.51. The van der Waals surface area contributed by atoms with Gasteiger partial charge in [0, 0.05) is 9.82 Å². The summed E-state index contributed by atoms with van der Waals surface area (Å²) >= 11 is 0. The zero-order chi connectivity index (χ0) is 12.0. The van der Waals surface area contributed by atoms with Gasteiger partial charge < -0.3 is 9.47 Å². The lowest BCUT2D eigenvalue weighted by atomic mass is 10.2. The predicted octanol–water partition coefficient (Wildman–Crippen LogP) is 2.52. The molecule has 1 heterocycles. The molecule has 2 atom stereocenters. The van der Waals surface area contributed by atoms with Crippen LogP contribution in [0.4, 0.5) is 0 Å². The van der Waals surface area contributed by atoms with Gasteiger partial charge in [-0.15, -0.1) is 0 Å². The van der Waals surface area contributed by atoms with Crippen molar-refractivity contribution in [1.29, 1.82) is 0 Å². The van der Waals surface area contributed by atoms with Crippen molar-refractivity contribution in [2.45, 2.75) is 38.3 Å². The molecule has 0 aromatic heterocycles. The molecule has 0 aliphatic carbocycles. The molecule has 0 aromatic rings. The fraction of sp³-hybridized carbons (Fsp3) is 1.00. The topological polar surface area (TPSA) is 116 Å². The van der Waals surface area contributed by atoms with Gasteiger partial charge in [0.2, 0.25) is 0 Å². The molecule has 1 saturated heterocycles. The molecule has 0 unspecified atom stereocenters. The molecule has 0 amide bonds. The van der Waals surface area contributed by atoms with Gasteiger partial charge >= 0.3 is 0 Å². The summed E-state index contributed by atoms with van der Waals surface area (Å²) in [5, 5.41) is 6.91. The van der Waals surface area contributed by atoms with E-state index in [-0.39, 0.29) is 25.3 Å². The lowest BCUT2D eigenvalue weighted by Crippen LogP contribution is -2.27. The third-order valence-corrected chi connectivity index (χ3v) is 2.51. The predicted molar refractivity (Wildman–Crippen MR) is 56.5 cm³/mol. The lowest BCUT2D eigenvalue weighted by Gasteiger charge is -2.20. The Hall–Kier alpha value is -1.46. The minimum absolute atomic E-state index is 0.178. The van der Waals surface area contributed by atoms with Crippen LogP contribution < -0.4 is 0 Å². The van der Waals surface area contributed by atoms with Gasteiger partial charge in [0.15, 0.2) is 5.79 Å². The quantitative estimate of drug-likeness (QED) is 0.407. The summed E-state index contributed by atoms with van der Waals surface area (Å²) in [6.07, 6.45) is -0.0373. The first-order valence-electron chi connectivity index (χ1n) is 5.02. The lowest BCUT2D eigenvalue weighted by molar-refractivity contribution is -0.161. The van der Waals surface area contributed by atoms with E-state index < -0.39 is 5.79 Å². The van der Waals surface area contributed by atoms with Gasteiger partial charge in [-0.1, -0.05) is 17.2 Å². The Labute approximate surface area is 92.8 Å². The van der Waals surface area contributed by atoms with Crippen molar-refractivity contribution in [1.82, 2.24) is 0 Å². The summed E-state index contributed by atoms with van der Waals surface area (Å²) in [6.45, 7) is 4.10. The maximum atomic E-state index is 8.26. The fourth-order valence-electron chi connectivity index (χ4n) is 1.53. The molecule has 88 valence electrons. The first kappa shape index (κ1) is 12.6. The summed E-state index contributed by atoms with van der Waals surface area (Å²) in [5.74, 6) is -0.689. The highest BCUT2D eigenvalue weighted by Crippen LogP contribution is 2.31. The first-order valence-corrected chi connectivity index (χ1v) is 5.02. The first-order chi connectivity index (χ1) is 7.65. The second-order valence-electron chi connectivity index (χ2n) is 3.63. The number of hydrogen-bond donors (Lipinski definition) is 0. The van der Waals surface area contributed by atoms with E-state index in [1.807, 2.05) is 13.8 Å². The number of ether oxygens (including phenoxy) is 2. The number of nitrogens with zero attached hydrogens (tertiary/aromatic N) is 6. The van der Waals surface area contributed by atoms with Gasteiger partial charge in [0.1, 0.15) is 0 Å². The Morgan fingerprint density at radius 2 is 1.56 bits per heavy atom. The largest absolute Gasteiger partial charge is 0.344 e. The van der Waals surface area contributed by atoms with Gasteiger partial charge in [0.05, 0.1) is 25.3 Å². The molecular formula is C8H14N6O2. The van der Waals surface area contributed by atoms with Gasteiger partial charge in [0.25, 0.3) is 0 Å². The molecule has 0 radical (unpaired) electrons. The van der Waals surface area contributed by atoms with Gasteiger partial charge in [-0.3, -0.25) is 0 Å². The Morgan fingerprint density at radius 3 is 1.88 bits per heavy atom. The Bertz CT molecular complexity index is 305. The van der Waals surface area contributed by atoms with Crippen molar-refractivity contribution >= 4 is 0 Å². The zero-order valence-electron chi connectivity index (χ0n) is 9.28. The molecule has 0 bridgehead atoms. The Kier molecular flexibility index (Phi) is 4.39. The van der Waals surface area contributed by atoms with Crippen LogP contribution >= 0.6 is 0 Å². The van der Waals surface area contributed by atoms with Crippen LogP contribution in [0.3, 0.4) is 0 Å². The van der Waals surface area contributed by atoms with Crippen LogP contribution in [0.25, 0.3) is 20.9 Å². The normalized spacial score (nSPS) is 32.9. The van der Waals surface area contributed by atoms with Gasteiger partial charge in [-0.05, 0) is 24.4 Å². The van der Waals surface area contributed by atoms with Crippen LogP contribution in [0.15, 0.2) is 10.2 Å². The average molecular weight is 226 g/mol. The van der Waals surface area contributed by atoms with E-state index in [1.54, 1.807) is 0 Å². The van der Waals surface area contributed by atoms with Crippen LogP contribution in [0.1, 0.15) is 20.3 Å². The van der Waals surface area contributed by atoms with Crippen molar-refractivity contribution in [3.63, 3.8) is 0 Å². The monoisotopic (exact) mass is 226 g/mol. The molecule has 1 aliphatic rings. The molecule has 1 aliphatic heterocycles. The van der Waals surface area contributed by atoms with Crippen LogP contribution in [0, 0.1) is 0 Å². The third kappa shape index (κ3) is 3.01. The van der Waals surface area contributed by atoms with Crippen LogP contribution in [-0.4, -0.2) is 31.1 Å². The molecule has 16 heavy (non-hydrogen) atoms. The summed E-state index contributed by atoms with van der Waals surface area (Å²) in [6, 6.07) is 0. The number of rotatable bonds is 5. The molecule has 0 N–H and O–H groups in total. The highest BCUT2D eigenvalue weighted by atomic mass is 16.8. The highest BCUT2D eigenvalue weighted by molar-refractivity contribution is 4.86. The summed E-state index contributed by atoms with van der Waals surface area (Å²) in [7, 11) is 0. The van der Waals surface area contributed by atoms with Gasteiger partial charge in [-0.25, -0.2) is 0 Å². The van der Waals surface area contributed by atoms with Crippen molar-refractivity contribution in [2.24, 2.45) is 10.2 Å². The molecule has 0 spiro atoms. The Morgan fingerprint density at radius 1 is 1.12 bits per heavy atom. The fourth-order valence-corrected chi connectivity index (χ4v) is 1.53. The second kappa shape index (κ2) is 5.58. The minimum Gasteiger partial charge on any atom is -0.344 e. The van der Waals surface area contributed by atoms with Crippen LogP contribution in [-0.2, 0) is 9.47 Å². The highest BCUT2D eigenvalue weighted by Gasteiger charge is 2.42. The van der Waals surface area contributed by atoms with Crippen LogP contribution in [0.5, 0.6) is 0 Å². The Balaban J connectivity index is 2.69. The van der Waals surface area contributed by atoms with Crippen molar-refractivity contribution in [3.05, 3.63) is 20.9 Å². The molecule has 8 heteroatoms. The summed E-state index contributed by atoms with van der Waals surface area (Å²) in [4.78, 5) is 5.35. The van der Waals surface area contributed by atoms with Crippen molar-refractivity contribution < 1.29 is 9.47 Å². The van der Waals surface area contributed by atoms with Crippen LogP contribution in [0.2, 0.25) is 0 Å². The summed E-state index contributed by atoms with van der Waals surface area (Å²) < 4.78 is 11.3. The average Bonchev–Trinajstić information content (AvgIpc) is 2.61. The van der Waals surface area contributed by atoms with E-state index in [4.69, 9.17) is 20.5 Å². The maximum Gasteiger partial charge on any atom is 0.166 e. The number of hydrogen-bond acceptors (Lipinski definition) is 4. The molecule has 1 rings (SSSR count). The summed E-state index contributed by atoms with van der Waals surface area (Å²) in [5.41, 5.74) is 16.5. The van der Waals surface area contributed by atoms with Crippen molar-refractivity contribution in [2.75, 3.05) is 13.1 Å². The molecule has 8 nitrogen and oxygen atoms in total. The van der Waals surface area contributed by atoms with Gasteiger partial charge in [-0.2, -0.15) is 0 Å². The maximum absolute atomic E-state index is 8.26. The van der Waals surface area contributed by atoms with Crippen molar-refractivity contribution in [3.8, 4) is 0 Å². The molecular weight excluding hydrogens is 212 g/mol. The molecule has 1 fully saturated rings. The van der Waals surface area contributed by atoms with E-state index in [2.05, 4.69) is 20.1 Å². The SMILES string of the molecule is CCC1(C)O[C@H](CN=[N+]=[N-])[C@@H](CN=[N+]=[N-])O1. The smallest absolute Gasteiger partial charge is 0.166 e. The zero-order valence-corrected chi connectivity index (χ0v) is 9.28. The van der Waals surface area contributed by atoms with E-state index in [1.165, 1.54) is 0 Å².